The summed E-state index contributed by atoms with van der Waals surface area (Å²) in [6, 6.07) is 13.5. The van der Waals surface area contributed by atoms with Gasteiger partial charge in [0.25, 0.3) is 0 Å². The fourth-order valence-corrected chi connectivity index (χ4v) is 6.29. The van der Waals surface area contributed by atoms with Gasteiger partial charge in [0.2, 0.25) is 15.9 Å². The second-order valence-corrected chi connectivity index (χ2v) is 10.3. The monoisotopic (exact) mass is 414 g/mol. The van der Waals surface area contributed by atoms with Gasteiger partial charge in [-0.1, -0.05) is 48.0 Å². The summed E-state index contributed by atoms with van der Waals surface area (Å²) in [4.78, 5) is 13.3. The van der Waals surface area contributed by atoms with E-state index in [1.54, 1.807) is 0 Å². The summed E-state index contributed by atoms with van der Waals surface area (Å²) in [7, 11) is -3.66. The number of rotatable bonds is 5. The molecular weight excluding hydrogens is 384 g/mol. The lowest BCUT2D eigenvalue weighted by atomic mass is 9.82. The van der Waals surface area contributed by atoms with Crippen molar-refractivity contribution < 1.29 is 13.2 Å². The zero-order valence-corrected chi connectivity index (χ0v) is 18.5. The number of carbonyl (C=O) groups is 1. The Morgan fingerprint density at radius 3 is 2.34 bits per heavy atom. The highest BCUT2D eigenvalue weighted by atomic mass is 32.2. The maximum absolute atomic E-state index is 13.4. The number of hydrogen-bond donors (Lipinski definition) is 1. The molecule has 2 aromatic carbocycles. The summed E-state index contributed by atoms with van der Waals surface area (Å²) in [6.07, 6.45) is 1.34. The number of benzene rings is 2. The molecule has 1 aliphatic heterocycles. The standard InChI is InChI=1S/C23H30N2O3S/c1-17-13-18(2)21(19(3)14-17)29(27,28)25-12-8-11-23(4,16-25)22(26)24-15-20-9-6-5-7-10-20/h5-7,9-10,13-14H,8,11-12,15-16H2,1-4H3,(H,24,26)/t23-/m1/s1. The summed E-state index contributed by atoms with van der Waals surface area (Å²) < 4.78 is 28.3. The Morgan fingerprint density at radius 2 is 1.72 bits per heavy atom. The van der Waals surface area contributed by atoms with Gasteiger partial charge in [0.1, 0.15) is 0 Å². The third-order valence-electron chi connectivity index (χ3n) is 5.71. The lowest BCUT2D eigenvalue weighted by Gasteiger charge is -2.39. The Bertz CT molecular complexity index is 979. The van der Waals surface area contributed by atoms with E-state index < -0.39 is 15.4 Å². The summed E-state index contributed by atoms with van der Waals surface area (Å²) >= 11 is 0. The molecule has 6 heteroatoms. The molecule has 3 rings (SSSR count). The molecular formula is C23H30N2O3S. The van der Waals surface area contributed by atoms with Crippen LogP contribution in [0.5, 0.6) is 0 Å². The zero-order valence-electron chi connectivity index (χ0n) is 17.7. The Kier molecular flexibility index (Phi) is 6.15. The first kappa shape index (κ1) is 21.5. The van der Waals surface area contributed by atoms with Crippen LogP contribution in [-0.4, -0.2) is 31.7 Å². The fourth-order valence-electron chi connectivity index (χ4n) is 4.28. The molecule has 5 nitrogen and oxygen atoms in total. The van der Waals surface area contributed by atoms with Crippen LogP contribution >= 0.6 is 0 Å². The van der Waals surface area contributed by atoms with Crippen molar-refractivity contribution in [1.82, 2.24) is 9.62 Å². The van der Waals surface area contributed by atoms with Crippen molar-refractivity contribution in [3.05, 3.63) is 64.7 Å². The zero-order chi connectivity index (χ0) is 21.2. The van der Waals surface area contributed by atoms with Gasteiger partial charge in [0.05, 0.1) is 10.3 Å². The second kappa shape index (κ2) is 8.28. The van der Waals surface area contributed by atoms with E-state index >= 15 is 0 Å². The summed E-state index contributed by atoms with van der Waals surface area (Å²) in [5.41, 5.74) is 2.83. The Hall–Kier alpha value is -2.18. The van der Waals surface area contributed by atoms with Crippen LogP contribution in [0, 0.1) is 26.2 Å². The molecule has 0 aromatic heterocycles. The molecule has 1 amide bonds. The predicted octanol–water partition coefficient (Wildman–Crippen LogP) is 3.72. The number of hydrogen-bond acceptors (Lipinski definition) is 3. The average Bonchev–Trinajstić information content (AvgIpc) is 2.66. The van der Waals surface area contributed by atoms with Crippen molar-refractivity contribution in [2.24, 2.45) is 5.41 Å². The quantitative estimate of drug-likeness (QED) is 0.811. The number of sulfonamides is 1. The molecule has 0 spiro atoms. The van der Waals surface area contributed by atoms with Gasteiger partial charge in [-0.15, -0.1) is 0 Å². The van der Waals surface area contributed by atoms with Gasteiger partial charge in [-0.25, -0.2) is 8.42 Å². The number of piperidine rings is 1. The highest BCUT2D eigenvalue weighted by Crippen LogP contribution is 2.34. The molecule has 1 atom stereocenters. The van der Waals surface area contributed by atoms with Crippen molar-refractivity contribution in [3.63, 3.8) is 0 Å². The fraction of sp³-hybridized carbons (Fsp3) is 0.435. The molecule has 2 aromatic rings. The minimum atomic E-state index is -3.66. The van der Waals surface area contributed by atoms with Gasteiger partial charge >= 0.3 is 0 Å². The largest absolute Gasteiger partial charge is 0.352 e. The maximum atomic E-state index is 13.4. The number of nitrogens with zero attached hydrogens (tertiary/aromatic N) is 1. The third-order valence-corrected chi connectivity index (χ3v) is 7.86. The van der Waals surface area contributed by atoms with Gasteiger partial charge in [-0.05, 0) is 57.2 Å². The molecule has 0 saturated carbocycles. The lowest BCUT2D eigenvalue weighted by molar-refractivity contribution is -0.132. The number of carbonyl (C=O) groups excluding carboxylic acids is 1. The van der Waals surface area contributed by atoms with Gasteiger partial charge < -0.3 is 5.32 Å². The third kappa shape index (κ3) is 4.54. The van der Waals surface area contributed by atoms with Crippen LogP contribution in [0.15, 0.2) is 47.4 Å². The van der Waals surface area contributed by atoms with Crippen LogP contribution < -0.4 is 5.32 Å². The molecule has 156 valence electrons. The summed E-state index contributed by atoms with van der Waals surface area (Å²) in [5, 5.41) is 2.99. The van der Waals surface area contributed by atoms with Gasteiger partial charge in [-0.3, -0.25) is 4.79 Å². The minimum Gasteiger partial charge on any atom is -0.352 e. The number of nitrogens with one attached hydrogen (secondary N) is 1. The molecule has 1 N–H and O–H groups in total. The normalized spacial score (nSPS) is 20.4. The van der Waals surface area contributed by atoms with E-state index in [9.17, 15) is 13.2 Å². The molecule has 29 heavy (non-hydrogen) atoms. The number of amides is 1. The maximum Gasteiger partial charge on any atom is 0.243 e. The van der Waals surface area contributed by atoms with Crippen LogP contribution in [-0.2, 0) is 21.4 Å². The average molecular weight is 415 g/mol. The van der Waals surface area contributed by atoms with Crippen LogP contribution in [0.3, 0.4) is 0 Å². The first-order valence-electron chi connectivity index (χ1n) is 10.0. The predicted molar refractivity (Wildman–Crippen MR) is 115 cm³/mol. The van der Waals surface area contributed by atoms with E-state index in [1.807, 2.05) is 70.2 Å². The first-order valence-corrected chi connectivity index (χ1v) is 11.5. The number of aryl methyl sites for hydroxylation is 3. The van der Waals surface area contributed by atoms with Crippen molar-refractivity contribution in [2.75, 3.05) is 13.1 Å². The van der Waals surface area contributed by atoms with Crippen LogP contribution in [0.1, 0.15) is 42.0 Å². The molecule has 0 bridgehead atoms. The van der Waals surface area contributed by atoms with E-state index in [-0.39, 0.29) is 12.5 Å². The van der Waals surface area contributed by atoms with E-state index in [0.717, 1.165) is 22.3 Å². The van der Waals surface area contributed by atoms with Crippen molar-refractivity contribution >= 4 is 15.9 Å². The smallest absolute Gasteiger partial charge is 0.243 e. The molecule has 1 heterocycles. The van der Waals surface area contributed by atoms with Gasteiger partial charge in [0, 0.05) is 19.6 Å². The molecule has 0 aliphatic carbocycles. The minimum absolute atomic E-state index is 0.0985. The van der Waals surface area contributed by atoms with E-state index in [1.165, 1.54) is 4.31 Å². The molecule has 1 fully saturated rings. The highest BCUT2D eigenvalue weighted by molar-refractivity contribution is 7.89. The Labute approximate surface area is 174 Å². The van der Waals surface area contributed by atoms with Crippen molar-refractivity contribution in [2.45, 2.75) is 52.0 Å². The van der Waals surface area contributed by atoms with E-state index in [2.05, 4.69) is 5.32 Å². The second-order valence-electron chi connectivity index (χ2n) is 8.40. The summed E-state index contributed by atoms with van der Waals surface area (Å²) in [6.45, 7) is 8.58. The molecule has 0 unspecified atom stereocenters. The highest BCUT2D eigenvalue weighted by Gasteiger charge is 2.42. The molecule has 1 saturated heterocycles. The SMILES string of the molecule is Cc1cc(C)c(S(=O)(=O)N2CCC[C@@](C)(C(=O)NCc3ccccc3)C2)c(C)c1. The van der Waals surface area contributed by atoms with Crippen LogP contribution in [0.25, 0.3) is 0 Å². The topological polar surface area (TPSA) is 66.5 Å². The van der Waals surface area contributed by atoms with Crippen LogP contribution in [0.4, 0.5) is 0 Å². The lowest BCUT2D eigenvalue weighted by Crippen LogP contribution is -2.51. The molecule has 1 aliphatic rings. The van der Waals surface area contributed by atoms with Crippen molar-refractivity contribution in [3.8, 4) is 0 Å². The van der Waals surface area contributed by atoms with Crippen LogP contribution in [0.2, 0.25) is 0 Å². The van der Waals surface area contributed by atoms with Crippen molar-refractivity contribution in [1.29, 1.82) is 0 Å². The summed E-state index contributed by atoms with van der Waals surface area (Å²) in [5.74, 6) is -0.0985. The van der Waals surface area contributed by atoms with Gasteiger partial charge in [-0.2, -0.15) is 4.31 Å². The van der Waals surface area contributed by atoms with E-state index in [0.29, 0.717) is 30.8 Å². The molecule has 0 radical (unpaired) electrons. The van der Waals surface area contributed by atoms with Gasteiger partial charge in [0.15, 0.2) is 0 Å². The van der Waals surface area contributed by atoms with E-state index in [4.69, 9.17) is 0 Å². The first-order chi connectivity index (χ1) is 13.6. The Morgan fingerprint density at radius 1 is 1.10 bits per heavy atom. The Balaban J connectivity index is 1.79.